The predicted octanol–water partition coefficient (Wildman–Crippen LogP) is 4.67. The van der Waals surface area contributed by atoms with Crippen molar-refractivity contribution in [1.29, 1.82) is 0 Å². The van der Waals surface area contributed by atoms with Gasteiger partial charge in [0.25, 0.3) is 5.78 Å². The van der Waals surface area contributed by atoms with Crippen molar-refractivity contribution >= 4 is 49.8 Å². The Balaban J connectivity index is 1.96. The smallest absolute Gasteiger partial charge is 0.301 e. The summed E-state index contributed by atoms with van der Waals surface area (Å²) in [6.45, 7) is 0. The van der Waals surface area contributed by atoms with Crippen molar-refractivity contribution in [2.45, 2.75) is 6.04 Å². The van der Waals surface area contributed by atoms with Gasteiger partial charge in [0.05, 0.1) is 5.57 Å². The fraction of sp³-hybridized carbons (Fsp3) is 0.0500. The van der Waals surface area contributed by atoms with Gasteiger partial charge in [-0.3, -0.25) is 14.5 Å². The Bertz CT molecular complexity index is 1100. The molecule has 1 aromatic heterocycles. The average Bonchev–Trinajstić information content (AvgIpc) is 3.30. The number of anilines is 1. The van der Waals surface area contributed by atoms with Crippen molar-refractivity contribution in [3.05, 3.63) is 87.1 Å². The van der Waals surface area contributed by atoms with Gasteiger partial charge in [-0.15, -0.1) is 11.3 Å². The van der Waals surface area contributed by atoms with Gasteiger partial charge in [0.1, 0.15) is 17.6 Å². The number of aliphatic hydroxyl groups is 1. The molecular weight excluding hydrogens is 447 g/mol. The molecule has 1 unspecified atom stereocenters. The molecule has 1 aliphatic heterocycles. The number of aromatic nitrogens is 1. The van der Waals surface area contributed by atoms with Crippen LogP contribution in [0.15, 0.2) is 70.2 Å². The lowest BCUT2D eigenvalue weighted by Gasteiger charge is -2.23. The Hall–Kier alpha value is -2.84. The number of thiazole rings is 1. The van der Waals surface area contributed by atoms with E-state index in [2.05, 4.69) is 20.9 Å². The zero-order chi connectivity index (χ0) is 19.8. The van der Waals surface area contributed by atoms with Gasteiger partial charge in [-0.2, -0.15) is 0 Å². The van der Waals surface area contributed by atoms with E-state index in [0.717, 1.165) is 20.7 Å². The highest BCUT2D eigenvalue weighted by molar-refractivity contribution is 9.10. The number of hydrogen-bond acceptors (Lipinski definition) is 5. The Kier molecular flexibility index (Phi) is 4.82. The molecule has 1 N–H and O–H groups in total. The van der Waals surface area contributed by atoms with Crippen LogP contribution in [0.5, 0.6) is 0 Å². The first-order chi connectivity index (χ1) is 13.5. The highest BCUT2D eigenvalue weighted by atomic mass is 79.9. The zero-order valence-electron chi connectivity index (χ0n) is 14.2. The summed E-state index contributed by atoms with van der Waals surface area (Å²) in [6.07, 6.45) is 1.49. The maximum absolute atomic E-state index is 14.6. The normalized spacial score (nSPS) is 18.6. The van der Waals surface area contributed by atoms with Crippen molar-refractivity contribution in [3.8, 4) is 0 Å². The third-order valence-corrected chi connectivity index (χ3v) is 5.69. The molecule has 0 radical (unpaired) electrons. The first-order valence-corrected chi connectivity index (χ1v) is 9.87. The highest BCUT2D eigenvalue weighted by Gasteiger charge is 2.48. The zero-order valence-corrected chi connectivity index (χ0v) is 16.6. The van der Waals surface area contributed by atoms with Crippen LogP contribution in [-0.4, -0.2) is 21.8 Å². The minimum atomic E-state index is -1.11. The molecule has 8 heteroatoms. The molecule has 2 aromatic carbocycles. The molecule has 1 fully saturated rings. The summed E-state index contributed by atoms with van der Waals surface area (Å²) in [5, 5.41) is 12.8. The van der Waals surface area contributed by atoms with Crippen molar-refractivity contribution in [3.63, 3.8) is 0 Å². The lowest BCUT2D eigenvalue weighted by atomic mass is 9.95. The van der Waals surface area contributed by atoms with Crippen LogP contribution in [0, 0.1) is 5.82 Å². The van der Waals surface area contributed by atoms with Crippen molar-refractivity contribution in [1.82, 2.24) is 4.98 Å². The summed E-state index contributed by atoms with van der Waals surface area (Å²) in [6, 6.07) is 11.4. The van der Waals surface area contributed by atoms with E-state index in [1.807, 2.05) is 0 Å². The summed E-state index contributed by atoms with van der Waals surface area (Å²) in [7, 11) is 0. The first kappa shape index (κ1) is 18.5. The summed E-state index contributed by atoms with van der Waals surface area (Å²) in [4.78, 5) is 30.8. The molecule has 1 aliphatic rings. The van der Waals surface area contributed by atoms with Gasteiger partial charge in [0.2, 0.25) is 0 Å². The monoisotopic (exact) mass is 458 g/mol. The lowest BCUT2D eigenvalue weighted by Crippen LogP contribution is -2.29. The number of ketones is 1. The Labute approximate surface area is 171 Å². The standard InChI is InChI=1S/C20H12BrFN2O3S/c21-12-7-5-11(6-8-12)17(25)15-16(13-3-1-2-4-14(13)22)24(19(27)18(15)26)20-23-9-10-28-20/h1-10,16,25H. The van der Waals surface area contributed by atoms with Crippen LogP contribution in [0.1, 0.15) is 17.2 Å². The minimum absolute atomic E-state index is 0.107. The summed E-state index contributed by atoms with van der Waals surface area (Å²) >= 11 is 4.46. The van der Waals surface area contributed by atoms with Crippen molar-refractivity contribution in [2.24, 2.45) is 0 Å². The number of rotatable bonds is 3. The second-order valence-electron chi connectivity index (χ2n) is 6.01. The molecule has 1 saturated heterocycles. The van der Waals surface area contributed by atoms with Gasteiger partial charge in [0.15, 0.2) is 5.13 Å². The maximum Gasteiger partial charge on any atom is 0.301 e. The van der Waals surface area contributed by atoms with Crippen LogP contribution < -0.4 is 4.90 Å². The lowest BCUT2D eigenvalue weighted by molar-refractivity contribution is -0.132. The molecule has 28 heavy (non-hydrogen) atoms. The number of carbonyl (C=O) groups excluding carboxylic acids is 2. The molecule has 5 nitrogen and oxygen atoms in total. The van der Waals surface area contributed by atoms with Crippen LogP contribution in [0.2, 0.25) is 0 Å². The highest BCUT2D eigenvalue weighted by Crippen LogP contribution is 2.43. The van der Waals surface area contributed by atoms with E-state index in [4.69, 9.17) is 0 Å². The van der Waals surface area contributed by atoms with Gasteiger partial charge in [-0.1, -0.05) is 46.3 Å². The number of halogens is 2. The molecule has 1 atom stereocenters. The SMILES string of the molecule is O=C1C(=O)N(c2nccs2)C(c2ccccc2F)C1=C(O)c1ccc(Br)cc1. The van der Waals surface area contributed by atoms with Crippen LogP contribution >= 0.6 is 27.3 Å². The molecular formula is C20H12BrFN2O3S. The van der Waals surface area contributed by atoms with E-state index in [1.54, 1.807) is 35.7 Å². The quantitative estimate of drug-likeness (QED) is 0.351. The Morgan fingerprint density at radius 2 is 1.86 bits per heavy atom. The summed E-state index contributed by atoms with van der Waals surface area (Å²) in [5.74, 6) is -2.69. The molecule has 2 heterocycles. The maximum atomic E-state index is 14.6. The number of hydrogen-bond donors (Lipinski definition) is 1. The van der Waals surface area contributed by atoms with Gasteiger partial charge in [0, 0.05) is 27.2 Å². The number of benzene rings is 2. The van der Waals surface area contributed by atoms with Gasteiger partial charge in [-0.05, 0) is 18.2 Å². The number of amides is 1. The van der Waals surface area contributed by atoms with E-state index in [-0.39, 0.29) is 22.0 Å². The van der Waals surface area contributed by atoms with Crippen LogP contribution in [0.4, 0.5) is 9.52 Å². The van der Waals surface area contributed by atoms with Gasteiger partial charge in [-0.25, -0.2) is 9.37 Å². The average molecular weight is 459 g/mol. The molecule has 0 bridgehead atoms. The largest absolute Gasteiger partial charge is 0.507 e. The van der Waals surface area contributed by atoms with Crippen molar-refractivity contribution in [2.75, 3.05) is 4.90 Å². The number of nitrogens with zero attached hydrogens (tertiary/aromatic N) is 2. The van der Waals surface area contributed by atoms with Crippen LogP contribution in [-0.2, 0) is 9.59 Å². The molecule has 0 aliphatic carbocycles. The predicted molar refractivity (Wildman–Crippen MR) is 107 cm³/mol. The van der Waals surface area contributed by atoms with Gasteiger partial charge >= 0.3 is 5.91 Å². The third-order valence-electron chi connectivity index (χ3n) is 4.39. The minimum Gasteiger partial charge on any atom is -0.507 e. The van der Waals surface area contributed by atoms with E-state index in [0.29, 0.717) is 5.56 Å². The summed E-state index contributed by atoms with van der Waals surface area (Å²) < 4.78 is 15.4. The third kappa shape index (κ3) is 3.04. The molecule has 0 spiro atoms. The second-order valence-corrected chi connectivity index (χ2v) is 7.80. The first-order valence-electron chi connectivity index (χ1n) is 8.20. The number of carbonyl (C=O) groups is 2. The fourth-order valence-corrected chi connectivity index (χ4v) is 4.05. The molecule has 1 amide bonds. The van der Waals surface area contributed by atoms with E-state index in [9.17, 15) is 19.1 Å². The Morgan fingerprint density at radius 1 is 1.14 bits per heavy atom. The molecule has 4 rings (SSSR count). The fourth-order valence-electron chi connectivity index (χ4n) is 3.12. The van der Waals surface area contributed by atoms with Crippen LogP contribution in [0.25, 0.3) is 5.76 Å². The number of Topliss-reactive ketones (excluding diaryl/α,β-unsaturated/α-hetero) is 1. The topological polar surface area (TPSA) is 70.5 Å². The van der Waals surface area contributed by atoms with E-state index >= 15 is 0 Å². The Morgan fingerprint density at radius 3 is 2.50 bits per heavy atom. The van der Waals surface area contributed by atoms with Crippen LogP contribution in [0.3, 0.4) is 0 Å². The second kappa shape index (κ2) is 7.29. The van der Waals surface area contributed by atoms with E-state index < -0.39 is 23.5 Å². The molecule has 0 saturated carbocycles. The van der Waals surface area contributed by atoms with Gasteiger partial charge < -0.3 is 5.11 Å². The van der Waals surface area contributed by atoms with E-state index in [1.165, 1.54) is 24.4 Å². The summed E-state index contributed by atoms with van der Waals surface area (Å²) in [5.41, 5.74) is 0.282. The van der Waals surface area contributed by atoms with Crippen molar-refractivity contribution < 1.29 is 19.1 Å². The molecule has 140 valence electrons. The number of aliphatic hydroxyl groups excluding tert-OH is 1. The molecule has 3 aromatic rings.